The molecule has 1 aromatic carbocycles. The van der Waals surface area contributed by atoms with Crippen molar-refractivity contribution in [2.75, 3.05) is 19.7 Å². The number of aliphatic hydroxyl groups is 2. The van der Waals surface area contributed by atoms with Gasteiger partial charge < -0.3 is 24.4 Å². The molecule has 2 aliphatic heterocycles. The summed E-state index contributed by atoms with van der Waals surface area (Å²) in [6, 6.07) is 7.68. The first-order valence-corrected chi connectivity index (χ1v) is 10.8. The number of piperidine rings is 1. The Kier molecular flexibility index (Phi) is 5.95. The topological polar surface area (TPSA) is 92.0 Å². The lowest BCUT2D eigenvalue weighted by Crippen LogP contribution is -2.60. The van der Waals surface area contributed by atoms with Crippen molar-refractivity contribution in [1.82, 2.24) is 9.47 Å². The van der Waals surface area contributed by atoms with Crippen LogP contribution in [0.3, 0.4) is 0 Å². The standard InChI is InChI=1S/C23H30N2O5/c1-2-5-19(26)17-14-25(18-7-4-3-6-16(17)18)15-21(28)24-11-9-23(10-12-24)22(29)20(27)8-13-30-23/h3-4,6-7,14,20,22,27,29H,2,5,8-13,15H2,1H3/t20-,22-/m0/s1. The van der Waals surface area contributed by atoms with E-state index in [1.807, 2.05) is 35.8 Å². The smallest absolute Gasteiger partial charge is 0.242 e. The Morgan fingerprint density at radius 2 is 1.93 bits per heavy atom. The summed E-state index contributed by atoms with van der Waals surface area (Å²) in [7, 11) is 0. The van der Waals surface area contributed by atoms with E-state index in [-0.39, 0.29) is 18.2 Å². The van der Waals surface area contributed by atoms with E-state index >= 15 is 0 Å². The van der Waals surface area contributed by atoms with Gasteiger partial charge in [-0.15, -0.1) is 0 Å². The predicted molar refractivity (Wildman–Crippen MR) is 112 cm³/mol. The number of likely N-dealkylation sites (tertiary alicyclic amines) is 1. The Morgan fingerprint density at radius 1 is 1.20 bits per heavy atom. The lowest BCUT2D eigenvalue weighted by atomic mass is 9.80. The molecule has 0 saturated carbocycles. The summed E-state index contributed by atoms with van der Waals surface area (Å²) in [5, 5.41) is 21.3. The number of carbonyl (C=O) groups excluding carboxylic acids is 2. The number of hydrogen-bond donors (Lipinski definition) is 2. The lowest BCUT2D eigenvalue weighted by molar-refractivity contribution is -0.214. The second kappa shape index (κ2) is 8.49. The van der Waals surface area contributed by atoms with Gasteiger partial charge in [-0.2, -0.15) is 0 Å². The van der Waals surface area contributed by atoms with Crippen molar-refractivity contribution >= 4 is 22.6 Å². The molecule has 3 heterocycles. The Hall–Kier alpha value is -2.22. The molecule has 2 aliphatic rings. The molecule has 2 fully saturated rings. The number of amides is 1. The predicted octanol–water partition coefficient (Wildman–Crippen LogP) is 2.13. The third-order valence-corrected chi connectivity index (χ3v) is 6.54. The largest absolute Gasteiger partial charge is 0.390 e. The summed E-state index contributed by atoms with van der Waals surface area (Å²) in [5.74, 6) is 0.0766. The molecule has 1 aromatic heterocycles. The number of nitrogens with zero attached hydrogens (tertiary/aromatic N) is 2. The van der Waals surface area contributed by atoms with Crippen LogP contribution in [-0.4, -0.2) is 68.9 Å². The molecule has 0 bridgehead atoms. The van der Waals surface area contributed by atoms with Crippen LogP contribution in [0.5, 0.6) is 0 Å². The first-order chi connectivity index (χ1) is 14.4. The van der Waals surface area contributed by atoms with Crippen LogP contribution in [0.4, 0.5) is 0 Å². The molecule has 1 amide bonds. The highest BCUT2D eigenvalue weighted by Crippen LogP contribution is 2.35. The first-order valence-electron chi connectivity index (χ1n) is 10.8. The van der Waals surface area contributed by atoms with Gasteiger partial charge >= 0.3 is 0 Å². The van der Waals surface area contributed by atoms with Crippen LogP contribution in [0.15, 0.2) is 30.5 Å². The number of hydrogen-bond acceptors (Lipinski definition) is 5. The molecule has 2 saturated heterocycles. The molecule has 0 unspecified atom stereocenters. The highest BCUT2D eigenvalue weighted by Gasteiger charge is 2.48. The van der Waals surface area contributed by atoms with Crippen molar-refractivity contribution in [3.8, 4) is 0 Å². The van der Waals surface area contributed by atoms with Crippen LogP contribution >= 0.6 is 0 Å². The van der Waals surface area contributed by atoms with E-state index in [1.165, 1.54) is 0 Å². The molecule has 1 spiro atoms. The van der Waals surface area contributed by atoms with Crippen LogP contribution < -0.4 is 0 Å². The van der Waals surface area contributed by atoms with Crippen molar-refractivity contribution in [3.05, 3.63) is 36.0 Å². The van der Waals surface area contributed by atoms with Crippen LogP contribution in [0, 0.1) is 0 Å². The summed E-state index contributed by atoms with van der Waals surface area (Å²) >= 11 is 0. The molecule has 0 aliphatic carbocycles. The minimum absolute atomic E-state index is 0.0223. The van der Waals surface area contributed by atoms with Crippen molar-refractivity contribution in [1.29, 1.82) is 0 Å². The van der Waals surface area contributed by atoms with E-state index in [0.717, 1.165) is 17.3 Å². The van der Waals surface area contributed by atoms with Gasteiger partial charge in [0.15, 0.2) is 5.78 Å². The number of benzene rings is 1. The van der Waals surface area contributed by atoms with Crippen molar-refractivity contribution in [3.63, 3.8) is 0 Å². The van der Waals surface area contributed by atoms with E-state index in [1.54, 1.807) is 11.1 Å². The van der Waals surface area contributed by atoms with Crippen LogP contribution in [0.2, 0.25) is 0 Å². The normalized spacial score (nSPS) is 23.8. The summed E-state index contributed by atoms with van der Waals surface area (Å²) in [6.07, 6.45) is 2.84. The van der Waals surface area contributed by atoms with Crippen LogP contribution in [-0.2, 0) is 16.1 Å². The monoisotopic (exact) mass is 414 g/mol. The SMILES string of the molecule is CCCC(=O)c1cn(CC(=O)N2CCC3(CC2)OCC[C@H](O)[C@@H]3O)c2ccccc12. The molecule has 162 valence electrons. The molecule has 7 heteroatoms. The van der Waals surface area contributed by atoms with E-state index in [0.29, 0.717) is 50.9 Å². The minimum Gasteiger partial charge on any atom is -0.390 e. The van der Waals surface area contributed by atoms with Crippen molar-refractivity contribution in [2.24, 2.45) is 0 Å². The molecule has 2 aromatic rings. The minimum atomic E-state index is -0.913. The molecule has 2 atom stereocenters. The number of Topliss-reactive ketones (excluding diaryl/α,β-unsaturated/α-hetero) is 1. The Labute approximate surface area is 176 Å². The van der Waals surface area contributed by atoms with Crippen molar-refractivity contribution in [2.45, 2.75) is 63.4 Å². The molecule has 2 N–H and O–H groups in total. The molecule has 7 nitrogen and oxygen atoms in total. The second-order valence-electron chi connectivity index (χ2n) is 8.46. The number of carbonyl (C=O) groups is 2. The Morgan fingerprint density at radius 3 is 2.67 bits per heavy atom. The lowest BCUT2D eigenvalue weighted by Gasteiger charge is -2.48. The van der Waals surface area contributed by atoms with Gasteiger partial charge in [-0.1, -0.05) is 25.1 Å². The summed E-state index contributed by atoms with van der Waals surface area (Å²) in [6.45, 7) is 3.53. The molecule has 30 heavy (non-hydrogen) atoms. The molecular formula is C23H30N2O5. The molecule has 4 rings (SSSR count). The van der Waals surface area contributed by atoms with E-state index in [2.05, 4.69) is 0 Å². The number of fused-ring (bicyclic) bond motifs is 1. The molecule has 0 radical (unpaired) electrons. The van der Waals surface area contributed by atoms with Gasteiger partial charge in [0.2, 0.25) is 5.91 Å². The number of aromatic nitrogens is 1. The van der Waals surface area contributed by atoms with Crippen LogP contribution in [0.1, 0.15) is 49.4 Å². The fourth-order valence-corrected chi connectivity index (χ4v) is 4.76. The zero-order chi connectivity index (χ0) is 21.3. The Balaban J connectivity index is 1.47. The molecular weight excluding hydrogens is 384 g/mol. The fourth-order valence-electron chi connectivity index (χ4n) is 4.76. The average molecular weight is 415 g/mol. The van der Waals surface area contributed by atoms with Crippen LogP contribution in [0.25, 0.3) is 10.9 Å². The van der Waals surface area contributed by atoms with Crippen molar-refractivity contribution < 1.29 is 24.5 Å². The summed E-state index contributed by atoms with van der Waals surface area (Å²) in [5.41, 5.74) is 0.799. The zero-order valence-electron chi connectivity index (χ0n) is 17.4. The maximum absolute atomic E-state index is 13.0. The number of rotatable bonds is 5. The van der Waals surface area contributed by atoms with Gasteiger partial charge in [0, 0.05) is 42.2 Å². The number of ketones is 1. The van der Waals surface area contributed by atoms with Gasteiger partial charge in [0.25, 0.3) is 0 Å². The highest BCUT2D eigenvalue weighted by molar-refractivity contribution is 6.08. The van der Waals surface area contributed by atoms with Gasteiger partial charge in [0.05, 0.1) is 18.3 Å². The zero-order valence-corrected chi connectivity index (χ0v) is 17.4. The second-order valence-corrected chi connectivity index (χ2v) is 8.46. The van der Waals surface area contributed by atoms with Gasteiger partial charge in [-0.25, -0.2) is 0 Å². The number of aliphatic hydroxyl groups excluding tert-OH is 2. The van der Waals surface area contributed by atoms with E-state index < -0.39 is 17.8 Å². The highest BCUT2D eigenvalue weighted by atomic mass is 16.5. The quantitative estimate of drug-likeness (QED) is 0.732. The number of para-hydroxylation sites is 1. The summed E-state index contributed by atoms with van der Waals surface area (Å²) in [4.78, 5) is 27.3. The average Bonchev–Trinajstić information content (AvgIpc) is 3.11. The number of ether oxygens (including phenoxy) is 1. The maximum atomic E-state index is 13.0. The fraction of sp³-hybridized carbons (Fsp3) is 0.565. The van der Waals surface area contributed by atoms with Gasteiger partial charge in [-0.3, -0.25) is 9.59 Å². The first kappa shape index (κ1) is 21.0. The maximum Gasteiger partial charge on any atom is 0.242 e. The van der Waals surface area contributed by atoms with Gasteiger partial charge in [-0.05, 0) is 31.7 Å². The van der Waals surface area contributed by atoms with E-state index in [9.17, 15) is 19.8 Å². The summed E-state index contributed by atoms with van der Waals surface area (Å²) < 4.78 is 7.72. The van der Waals surface area contributed by atoms with E-state index in [4.69, 9.17) is 4.74 Å². The van der Waals surface area contributed by atoms with Gasteiger partial charge in [0.1, 0.15) is 12.6 Å². The third-order valence-electron chi connectivity index (χ3n) is 6.54. The Bertz CT molecular complexity index is 929. The third kappa shape index (κ3) is 3.77.